The van der Waals surface area contributed by atoms with Gasteiger partial charge in [0.15, 0.2) is 5.75 Å². The molecule has 0 radical (unpaired) electrons. The lowest BCUT2D eigenvalue weighted by atomic mass is 9.93. The van der Waals surface area contributed by atoms with E-state index in [0.29, 0.717) is 23.3 Å². The first-order valence-corrected chi connectivity index (χ1v) is 11.2. The predicted octanol–water partition coefficient (Wildman–Crippen LogP) is 5.07. The van der Waals surface area contributed by atoms with Crippen LogP contribution in [0, 0.1) is 0 Å². The van der Waals surface area contributed by atoms with Crippen molar-refractivity contribution in [2.75, 3.05) is 0 Å². The first kappa shape index (κ1) is 20.3. The molecule has 8 heteroatoms. The van der Waals surface area contributed by atoms with Crippen LogP contribution in [0.3, 0.4) is 0 Å². The van der Waals surface area contributed by atoms with E-state index in [4.69, 9.17) is 14.6 Å². The minimum Gasteiger partial charge on any atom is -0.484 e. The predicted molar refractivity (Wildman–Crippen MR) is 120 cm³/mol. The van der Waals surface area contributed by atoms with Gasteiger partial charge in [-0.05, 0) is 43.5 Å². The van der Waals surface area contributed by atoms with Gasteiger partial charge in [-0.3, -0.25) is 9.59 Å². The third-order valence-corrected chi connectivity index (χ3v) is 7.04. The van der Waals surface area contributed by atoms with E-state index in [1.165, 1.54) is 17.8 Å². The molecule has 0 aliphatic heterocycles. The SMILES string of the molecule is O=C(NC1CCC1)c1sc2ccccc2c1OCc1nc2ccccc2s1.O=CO. The number of hydrogen-bond donors (Lipinski definition) is 2. The Morgan fingerprint density at radius 1 is 1.13 bits per heavy atom. The van der Waals surface area contributed by atoms with Gasteiger partial charge in [-0.2, -0.15) is 0 Å². The Bertz CT molecular complexity index is 1150. The van der Waals surface area contributed by atoms with Crippen LogP contribution in [-0.4, -0.2) is 28.5 Å². The van der Waals surface area contributed by atoms with Gasteiger partial charge in [-0.25, -0.2) is 4.98 Å². The maximum atomic E-state index is 12.8. The Morgan fingerprint density at radius 2 is 1.83 bits per heavy atom. The number of carboxylic acid groups (broad SMARTS) is 1. The smallest absolute Gasteiger partial charge is 0.290 e. The van der Waals surface area contributed by atoms with Gasteiger partial charge >= 0.3 is 0 Å². The standard InChI is InChI=1S/C21H18N2O2S2.CH2O2/c24-21(22-13-6-5-7-13)20-19(14-8-1-3-10-16(14)27-20)25-12-18-23-15-9-2-4-11-17(15)26-18;2-1-3/h1-4,8-11,13H,5-7,12H2,(H,22,24);1H,(H,2,3). The molecule has 1 saturated carbocycles. The van der Waals surface area contributed by atoms with Crippen LogP contribution >= 0.6 is 22.7 Å². The van der Waals surface area contributed by atoms with Crippen LogP contribution in [0.2, 0.25) is 0 Å². The summed E-state index contributed by atoms with van der Waals surface area (Å²) in [6.07, 6.45) is 3.33. The van der Waals surface area contributed by atoms with E-state index >= 15 is 0 Å². The van der Waals surface area contributed by atoms with E-state index in [0.717, 1.165) is 38.2 Å². The Balaban J connectivity index is 0.000000687. The summed E-state index contributed by atoms with van der Waals surface area (Å²) in [7, 11) is 0. The number of thiazole rings is 1. The highest BCUT2D eigenvalue weighted by atomic mass is 32.1. The van der Waals surface area contributed by atoms with Crippen LogP contribution in [0.25, 0.3) is 20.3 Å². The summed E-state index contributed by atoms with van der Waals surface area (Å²) in [4.78, 5) is 26.4. The second-order valence-corrected chi connectivity index (χ2v) is 8.99. The molecule has 1 fully saturated rings. The number of benzene rings is 2. The molecule has 5 rings (SSSR count). The minimum atomic E-state index is -0.250. The topological polar surface area (TPSA) is 88.5 Å². The lowest BCUT2D eigenvalue weighted by Crippen LogP contribution is -2.39. The number of carbonyl (C=O) groups excluding carboxylic acids is 1. The summed E-state index contributed by atoms with van der Waals surface area (Å²) in [5.41, 5.74) is 0.985. The molecule has 0 atom stereocenters. The van der Waals surface area contributed by atoms with Gasteiger partial charge in [0.1, 0.15) is 16.5 Å². The molecule has 1 aliphatic rings. The molecule has 0 unspecified atom stereocenters. The number of nitrogens with zero attached hydrogens (tertiary/aromatic N) is 1. The zero-order chi connectivity index (χ0) is 20.9. The summed E-state index contributed by atoms with van der Waals surface area (Å²) in [5.74, 6) is 0.645. The number of carbonyl (C=O) groups is 2. The molecule has 30 heavy (non-hydrogen) atoms. The maximum Gasteiger partial charge on any atom is 0.290 e. The van der Waals surface area contributed by atoms with E-state index < -0.39 is 0 Å². The van der Waals surface area contributed by atoms with Crippen LogP contribution in [0.5, 0.6) is 5.75 Å². The van der Waals surface area contributed by atoms with Crippen molar-refractivity contribution in [3.63, 3.8) is 0 Å². The average Bonchev–Trinajstić information content (AvgIpc) is 3.30. The number of rotatable bonds is 5. The summed E-state index contributed by atoms with van der Waals surface area (Å²) in [5, 5.41) is 11.9. The van der Waals surface area contributed by atoms with Gasteiger partial charge < -0.3 is 15.2 Å². The Morgan fingerprint density at radius 3 is 2.53 bits per heavy atom. The van der Waals surface area contributed by atoms with Gasteiger partial charge in [0, 0.05) is 16.1 Å². The van der Waals surface area contributed by atoms with Crippen molar-refractivity contribution in [2.24, 2.45) is 0 Å². The quantitative estimate of drug-likeness (QED) is 0.423. The third-order valence-electron chi connectivity index (χ3n) is 4.87. The zero-order valence-electron chi connectivity index (χ0n) is 16.0. The van der Waals surface area contributed by atoms with Gasteiger partial charge in [-0.15, -0.1) is 22.7 Å². The molecule has 0 spiro atoms. The Labute approximate surface area is 181 Å². The van der Waals surface area contributed by atoms with E-state index in [1.54, 1.807) is 11.3 Å². The molecule has 1 amide bonds. The second kappa shape index (κ2) is 9.23. The largest absolute Gasteiger partial charge is 0.484 e. The van der Waals surface area contributed by atoms with Crippen LogP contribution in [-0.2, 0) is 11.4 Å². The second-order valence-electron chi connectivity index (χ2n) is 6.83. The van der Waals surface area contributed by atoms with Crippen LogP contribution < -0.4 is 10.1 Å². The fraction of sp³-hybridized carbons (Fsp3) is 0.227. The highest BCUT2D eigenvalue weighted by Gasteiger charge is 2.25. The van der Waals surface area contributed by atoms with Crippen molar-refractivity contribution in [2.45, 2.75) is 31.9 Å². The number of fused-ring (bicyclic) bond motifs is 2. The molecule has 6 nitrogen and oxygen atoms in total. The number of amides is 1. The lowest BCUT2D eigenvalue weighted by Gasteiger charge is -2.26. The van der Waals surface area contributed by atoms with Gasteiger partial charge in [0.2, 0.25) is 0 Å². The summed E-state index contributed by atoms with van der Waals surface area (Å²) in [6.45, 7) is 0.115. The number of thiophene rings is 1. The van der Waals surface area contributed by atoms with Crippen LogP contribution in [0.15, 0.2) is 48.5 Å². The number of ether oxygens (including phenoxy) is 1. The van der Waals surface area contributed by atoms with E-state index in [2.05, 4.69) is 16.4 Å². The van der Waals surface area contributed by atoms with Gasteiger partial charge in [0.05, 0.1) is 10.2 Å². The number of aromatic nitrogens is 1. The molecule has 2 aromatic heterocycles. The molecule has 4 aromatic rings. The van der Waals surface area contributed by atoms with Gasteiger partial charge in [-0.1, -0.05) is 24.3 Å². The van der Waals surface area contributed by atoms with Crippen molar-refractivity contribution in [1.82, 2.24) is 10.3 Å². The number of nitrogens with one attached hydrogen (secondary N) is 1. The van der Waals surface area contributed by atoms with Crippen LogP contribution in [0.1, 0.15) is 33.9 Å². The fourth-order valence-corrected chi connectivity index (χ4v) is 5.16. The third kappa shape index (κ3) is 4.29. The molecule has 154 valence electrons. The zero-order valence-corrected chi connectivity index (χ0v) is 17.7. The Hall–Kier alpha value is -2.97. The highest BCUT2D eigenvalue weighted by molar-refractivity contribution is 7.21. The molecule has 2 aromatic carbocycles. The minimum absolute atomic E-state index is 0.0276. The van der Waals surface area contributed by atoms with Crippen molar-refractivity contribution < 1.29 is 19.4 Å². The lowest BCUT2D eigenvalue weighted by molar-refractivity contribution is -0.122. The first-order chi connectivity index (χ1) is 14.7. The van der Waals surface area contributed by atoms with Crippen molar-refractivity contribution in [3.05, 3.63) is 58.4 Å². The Kier molecular flexibility index (Phi) is 6.25. The van der Waals surface area contributed by atoms with E-state index in [9.17, 15) is 4.79 Å². The molecule has 2 N–H and O–H groups in total. The number of para-hydroxylation sites is 1. The fourth-order valence-electron chi connectivity index (χ4n) is 3.23. The molecular formula is C22H20N2O4S2. The molecule has 0 saturated heterocycles. The average molecular weight is 441 g/mol. The number of hydrogen-bond acceptors (Lipinski definition) is 6. The molecular weight excluding hydrogens is 420 g/mol. The van der Waals surface area contributed by atoms with Gasteiger partial charge in [0.25, 0.3) is 12.4 Å². The molecule has 2 heterocycles. The molecule has 0 bridgehead atoms. The first-order valence-electron chi connectivity index (χ1n) is 9.57. The highest BCUT2D eigenvalue weighted by Crippen LogP contribution is 2.39. The maximum absolute atomic E-state index is 12.8. The van der Waals surface area contributed by atoms with Crippen molar-refractivity contribution >= 4 is 55.4 Å². The van der Waals surface area contributed by atoms with Crippen molar-refractivity contribution in [1.29, 1.82) is 0 Å². The summed E-state index contributed by atoms with van der Waals surface area (Å²) >= 11 is 3.12. The van der Waals surface area contributed by atoms with Crippen molar-refractivity contribution in [3.8, 4) is 5.75 Å². The summed E-state index contributed by atoms with van der Waals surface area (Å²) in [6, 6.07) is 16.4. The van der Waals surface area contributed by atoms with E-state index in [-0.39, 0.29) is 12.4 Å². The van der Waals surface area contributed by atoms with E-state index in [1.807, 2.05) is 42.5 Å². The monoisotopic (exact) mass is 440 g/mol. The normalized spacial score (nSPS) is 13.3. The molecule has 1 aliphatic carbocycles. The van der Waals surface area contributed by atoms with Crippen LogP contribution in [0.4, 0.5) is 0 Å². The summed E-state index contributed by atoms with van der Waals surface area (Å²) < 4.78 is 8.37.